The number of fused-ring (bicyclic) bond motifs is 3. The van der Waals surface area contributed by atoms with Gasteiger partial charge in [0, 0.05) is 37.1 Å². The zero-order valence-electron chi connectivity index (χ0n) is 17.6. The van der Waals surface area contributed by atoms with Crippen molar-refractivity contribution in [2.75, 3.05) is 51.3 Å². The standard InChI is InChI=1S/C22H33N5OS/c1-2-8-26-9-6-16(7-10-26)23-21-20-17-4-3-5-18(17)29-22(20)25-19(24-21)15-27-11-13-28-14-12-27/h16H,2-15H2,1H3,(H,23,24,25). The van der Waals surface area contributed by atoms with Crippen LogP contribution in [0.2, 0.25) is 0 Å². The molecule has 4 heterocycles. The first-order valence-corrected chi connectivity index (χ1v) is 12.2. The van der Waals surface area contributed by atoms with E-state index in [-0.39, 0.29) is 0 Å². The molecule has 0 radical (unpaired) electrons. The van der Waals surface area contributed by atoms with Gasteiger partial charge in [0.2, 0.25) is 0 Å². The summed E-state index contributed by atoms with van der Waals surface area (Å²) in [7, 11) is 0. The topological polar surface area (TPSA) is 53.5 Å². The number of hydrogen-bond donors (Lipinski definition) is 1. The molecule has 1 aliphatic carbocycles. The fourth-order valence-electron chi connectivity index (χ4n) is 4.98. The van der Waals surface area contributed by atoms with Gasteiger partial charge in [-0.3, -0.25) is 4.90 Å². The zero-order valence-corrected chi connectivity index (χ0v) is 18.4. The van der Waals surface area contributed by atoms with Crippen LogP contribution in [0.4, 0.5) is 5.82 Å². The molecule has 0 spiro atoms. The Kier molecular flexibility index (Phi) is 5.99. The second-order valence-corrected chi connectivity index (χ2v) is 9.76. The van der Waals surface area contributed by atoms with Crippen molar-refractivity contribution in [1.29, 1.82) is 0 Å². The van der Waals surface area contributed by atoms with Crippen LogP contribution in [0.1, 0.15) is 48.9 Å². The number of aryl methyl sites for hydroxylation is 2. The average Bonchev–Trinajstić information content (AvgIpc) is 3.31. The van der Waals surface area contributed by atoms with E-state index in [1.807, 2.05) is 11.3 Å². The van der Waals surface area contributed by atoms with Crippen LogP contribution >= 0.6 is 11.3 Å². The number of rotatable bonds is 6. The Bertz CT molecular complexity index is 839. The van der Waals surface area contributed by atoms with E-state index in [1.54, 1.807) is 4.88 Å². The molecule has 0 amide bonds. The number of thiophene rings is 1. The lowest BCUT2D eigenvalue weighted by Gasteiger charge is -2.32. The largest absolute Gasteiger partial charge is 0.379 e. The lowest BCUT2D eigenvalue weighted by atomic mass is 10.0. The quantitative estimate of drug-likeness (QED) is 0.781. The molecular weight excluding hydrogens is 382 g/mol. The van der Waals surface area contributed by atoms with Crippen molar-refractivity contribution >= 4 is 27.4 Å². The maximum atomic E-state index is 5.50. The molecule has 158 valence electrons. The SMILES string of the molecule is CCCN1CCC(Nc2nc(CN3CCOCC3)nc3sc4c(c23)CCC4)CC1. The normalized spacial score (nSPS) is 21.7. The van der Waals surface area contributed by atoms with Gasteiger partial charge in [0.15, 0.2) is 0 Å². The average molecular weight is 416 g/mol. The maximum Gasteiger partial charge on any atom is 0.146 e. The highest BCUT2D eigenvalue weighted by Crippen LogP contribution is 2.40. The van der Waals surface area contributed by atoms with E-state index in [2.05, 4.69) is 22.0 Å². The fourth-order valence-corrected chi connectivity index (χ4v) is 6.26. The monoisotopic (exact) mass is 415 g/mol. The molecule has 5 rings (SSSR count). The van der Waals surface area contributed by atoms with Crippen molar-refractivity contribution in [2.45, 2.75) is 58.0 Å². The molecule has 3 aliphatic rings. The molecule has 29 heavy (non-hydrogen) atoms. The van der Waals surface area contributed by atoms with Gasteiger partial charge < -0.3 is 15.0 Å². The number of likely N-dealkylation sites (tertiary alicyclic amines) is 1. The third-order valence-electron chi connectivity index (χ3n) is 6.55. The highest BCUT2D eigenvalue weighted by molar-refractivity contribution is 7.19. The number of ether oxygens (including phenoxy) is 1. The van der Waals surface area contributed by atoms with Gasteiger partial charge in [-0.1, -0.05) is 6.92 Å². The highest BCUT2D eigenvalue weighted by Gasteiger charge is 2.25. The van der Waals surface area contributed by atoms with Crippen molar-refractivity contribution in [1.82, 2.24) is 19.8 Å². The molecule has 6 nitrogen and oxygen atoms in total. The minimum atomic E-state index is 0.523. The predicted octanol–water partition coefficient (Wildman–Crippen LogP) is 3.30. The number of aromatic nitrogens is 2. The summed E-state index contributed by atoms with van der Waals surface area (Å²) in [6.45, 7) is 10.3. The van der Waals surface area contributed by atoms with Crippen molar-refractivity contribution < 1.29 is 4.74 Å². The Labute approximate surface area is 177 Å². The minimum absolute atomic E-state index is 0.523. The smallest absolute Gasteiger partial charge is 0.146 e. The summed E-state index contributed by atoms with van der Waals surface area (Å²) in [5.74, 6) is 2.07. The minimum Gasteiger partial charge on any atom is -0.379 e. The van der Waals surface area contributed by atoms with Gasteiger partial charge >= 0.3 is 0 Å². The Hall–Kier alpha value is -1.28. The zero-order chi connectivity index (χ0) is 19.6. The summed E-state index contributed by atoms with van der Waals surface area (Å²) in [6, 6.07) is 0.523. The van der Waals surface area contributed by atoms with Crippen molar-refractivity contribution in [3.63, 3.8) is 0 Å². The van der Waals surface area contributed by atoms with Crippen LogP contribution < -0.4 is 5.32 Å². The first-order chi connectivity index (χ1) is 14.3. The van der Waals surface area contributed by atoms with Crippen molar-refractivity contribution in [3.8, 4) is 0 Å². The fraction of sp³-hybridized carbons (Fsp3) is 0.727. The van der Waals surface area contributed by atoms with Crippen LogP contribution in [-0.4, -0.2) is 71.7 Å². The number of piperidine rings is 1. The maximum absolute atomic E-state index is 5.50. The number of nitrogens with one attached hydrogen (secondary N) is 1. The number of nitrogens with zero attached hydrogens (tertiary/aromatic N) is 4. The first kappa shape index (κ1) is 19.7. The molecule has 7 heteroatoms. The molecule has 0 atom stereocenters. The Morgan fingerprint density at radius 3 is 2.69 bits per heavy atom. The summed E-state index contributed by atoms with van der Waals surface area (Å²) >= 11 is 1.90. The highest BCUT2D eigenvalue weighted by atomic mass is 32.1. The summed E-state index contributed by atoms with van der Waals surface area (Å²) in [5, 5.41) is 5.19. The van der Waals surface area contributed by atoms with Crippen LogP contribution in [0.25, 0.3) is 10.2 Å². The van der Waals surface area contributed by atoms with E-state index in [1.165, 1.54) is 73.9 Å². The molecule has 2 aromatic heterocycles. The van der Waals surface area contributed by atoms with Gasteiger partial charge in [-0.05, 0) is 50.6 Å². The Morgan fingerprint density at radius 1 is 1.07 bits per heavy atom. The van der Waals surface area contributed by atoms with Crippen LogP contribution in [0.15, 0.2) is 0 Å². The van der Waals surface area contributed by atoms with E-state index < -0.39 is 0 Å². The first-order valence-electron chi connectivity index (χ1n) is 11.4. The Morgan fingerprint density at radius 2 is 1.90 bits per heavy atom. The van der Waals surface area contributed by atoms with E-state index >= 15 is 0 Å². The summed E-state index contributed by atoms with van der Waals surface area (Å²) < 4.78 is 5.50. The van der Waals surface area contributed by atoms with E-state index in [0.29, 0.717) is 6.04 Å². The van der Waals surface area contributed by atoms with Gasteiger partial charge in [-0.15, -0.1) is 11.3 Å². The molecule has 1 N–H and O–H groups in total. The lowest BCUT2D eigenvalue weighted by Crippen LogP contribution is -2.39. The van der Waals surface area contributed by atoms with Gasteiger partial charge in [0.25, 0.3) is 0 Å². The van der Waals surface area contributed by atoms with Crippen molar-refractivity contribution in [3.05, 3.63) is 16.3 Å². The molecule has 0 saturated carbocycles. The van der Waals surface area contributed by atoms with E-state index in [4.69, 9.17) is 14.7 Å². The number of morpholine rings is 1. The van der Waals surface area contributed by atoms with Crippen molar-refractivity contribution in [2.24, 2.45) is 0 Å². The van der Waals surface area contributed by atoms with Crippen LogP contribution in [0, 0.1) is 0 Å². The van der Waals surface area contributed by atoms with Gasteiger partial charge in [-0.2, -0.15) is 0 Å². The summed E-state index contributed by atoms with van der Waals surface area (Å²) in [6.07, 6.45) is 7.33. The molecule has 2 fully saturated rings. The third-order valence-corrected chi connectivity index (χ3v) is 7.73. The second kappa shape index (κ2) is 8.84. The molecule has 2 aliphatic heterocycles. The number of anilines is 1. The lowest BCUT2D eigenvalue weighted by molar-refractivity contribution is 0.0331. The predicted molar refractivity (Wildman–Crippen MR) is 119 cm³/mol. The third kappa shape index (κ3) is 4.29. The summed E-state index contributed by atoms with van der Waals surface area (Å²) in [4.78, 5) is 17.8. The van der Waals surface area contributed by atoms with Gasteiger partial charge in [0.05, 0.1) is 25.1 Å². The molecular formula is C22H33N5OS. The molecule has 2 aromatic rings. The molecule has 2 saturated heterocycles. The van der Waals surface area contributed by atoms with Crippen LogP contribution in [0.3, 0.4) is 0 Å². The van der Waals surface area contributed by atoms with E-state index in [0.717, 1.165) is 44.5 Å². The van der Waals surface area contributed by atoms with Crippen LogP contribution in [-0.2, 0) is 24.1 Å². The van der Waals surface area contributed by atoms with Gasteiger partial charge in [-0.25, -0.2) is 9.97 Å². The summed E-state index contributed by atoms with van der Waals surface area (Å²) in [5.41, 5.74) is 1.52. The van der Waals surface area contributed by atoms with Crippen LogP contribution in [0.5, 0.6) is 0 Å². The van der Waals surface area contributed by atoms with Gasteiger partial charge in [0.1, 0.15) is 16.5 Å². The second-order valence-electron chi connectivity index (χ2n) is 8.67. The van der Waals surface area contributed by atoms with E-state index in [9.17, 15) is 0 Å². The molecule has 0 bridgehead atoms. The Balaban J connectivity index is 1.39. The number of hydrogen-bond acceptors (Lipinski definition) is 7. The molecule has 0 unspecified atom stereocenters. The molecule has 0 aromatic carbocycles.